The van der Waals surface area contributed by atoms with E-state index in [9.17, 15) is 0 Å². The summed E-state index contributed by atoms with van der Waals surface area (Å²) in [6.45, 7) is 71.3. The Balaban J connectivity index is 0.000000686. The molecule has 0 unspecified atom stereocenters. The summed E-state index contributed by atoms with van der Waals surface area (Å²) in [7, 11) is 0. The van der Waals surface area contributed by atoms with Crippen LogP contribution in [0.15, 0.2) is 99.1 Å². The Hall–Kier alpha value is -7.36. The SMILES string of the molecule is CC(C)CCc1cc(CCC(C)C)ncn1.CC(C)CCc1ccnc(CCC(C)C)n1.CC(C)CCc1cnc(CCC(C)C)nc1.CC(C)CCc1cncnc1CCC(C)C.CC(C)Cc1cc(CC(C)C)ncn1.CC(C)Cc1ccnc(CC(C)C)n1.CC(C)Cc1cnc(CC(C)C)nc1.CC(C)Cc1cncnc1CC(C)C. The van der Waals surface area contributed by atoms with Crippen molar-refractivity contribution in [3.05, 3.63) is 190 Å². The summed E-state index contributed by atoms with van der Waals surface area (Å²) in [6.07, 6.45) is 48.9. The summed E-state index contributed by atoms with van der Waals surface area (Å²) in [5, 5.41) is 0. The lowest BCUT2D eigenvalue weighted by Crippen LogP contribution is -2.05. The Morgan fingerprint density at radius 2 is 0.533 bits per heavy atom. The van der Waals surface area contributed by atoms with Gasteiger partial charge in [-0.2, -0.15) is 0 Å². The molecule has 0 amide bonds. The van der Waals surface area contributed by atoms with Gasteiger partial charge in [-0.05, 0) is 270 Å². The first-order chi connectivity index (χ1) is 56.6. The van der Waals surface area contributed by atoms with Gasteiger partial charge in [0.25, 0.3) is 0 Å². The first kappa shape index (κ1) is 111. The van der Waals surface area contributed by atoms with E-state index in [0.717, 1.165) is 173 Å². The molecular formula is C104H176N16. The smallest absolute Gasteiger partial charge is 0.128 e. The monoisotopic (exact) mass is 1650 g/mol. The van der Waals surface area contributed by atoms with E-state index in [1.54, 1.807) is 25.3 Å². The highest BCUT2D eigenvalue weighted by Crippen LogP contribution is 2.20. The number of hydrogen-bond donors (Lipinski definition) is 0. The van der Waals surface area contributed by atoms with Crippen molar-refractivity contribution in [3.8, 4) is 0 Å². The molecule has 0 aliphatic rings. The van der Waals surface area contributed by atoms with Crippen LogP contribution in [0.4, 0.5) is 0 Å². The van der Waals surface area contributed by atoms with Gasteiger partial charge < -0.3 is 0 Å². The Morgan fingerprint density at radius 1 is 0.200 bits per heavy atom. The molecule has 16 nitrogen and oxygen atoms in total. The lowest BCUT2D eigenvalue weighted by molar-refractivity contribution is 0.564. The molecule has 0 aromatic carbocycles. The molecule has 120 heavy (non-hydrogen) atoms. The predicted octanol–water partition coefficient (Wildman–Crippen LogP) is 26.1. The quantitative estimate of drug-likeness (QED) is 0.0350. The molecule has 8 heterocycles. The molecule has 672 valence electrons. The summed E-state index contributed by atoms with van der Waals surface area (Å²) < 4.78 is 0. The van der Waals surface area contributed by atoms with Gasteiger partial charge >= 0.3 is 0 Å². The van der Waals surface area contributed by atoms with E-state index < -0.39 is 0 Å². The van der Waals surface area contributed by atoms with Gasteiger partial charge in [-0.1, -0.05) is 222 Å². The predicted molar refractivity (Wildman–Crippen MR) is 510 cm³/mol. The summed E-state index contributed by atoms with van der Waals surface area (Å²) in [5.74, 6) is 15.1. The second kappa shape index (κ2) is 65.3. The molecule has 8 aromatic heterocycles. The van der Waals surface area contributed by atoms with E-state index in [2.05, 4.69) is 313 Å². The summed E-state index contributed by atoms with van der Waals surface area (Å²) >= 11 is 0. The third-order valence-corrected chi connectivity index (χ3v) is 19.1. The Bertz CT molecular complexity index is 3430. The third kappa shape index (κ3) is 61.9. The zero-order valence-corrected chi connectivity index (χ0v) is 82.6. The molecule has 0 N–H and O–H groups in total. The molecular weight excluding hydrogens is 1470 g/mol. The van der Waals surface area contributed by atoms with E-state index in [1.165, 1.54) is 119 Å². The van der Waals surface area contributed by atoms with Gasteiger partial charge in [-0.25, -0.2) is 79.7 Å². The maximum Gasteiger partial charge on any atom is 0.128 e. The number of hydrogen-bond acceptors (Lipinski definition) is 16. The van der Waals surface area contributed by atoms with Gasteiger partial charge in [-0.3, -0.25) is 0 Å². The zero-order valence-electron chi connectivity index (χ0n) is 82.6. The fourth-order valence-corrected chi connectivity index (χ4v) is 12.3. The van der Waals surface area contributed by atoms with Crippen molar-refractivity contribution in [2.24, 2.45) is 94.7 Å². The van der Waals surface area contributed by atoms with E-state index in [0.29, 0.717) is 47.3 Å². The molecule has 0 atom stereocenters. The van der Waals surface area contributed by atoms with Crippen LogP contribution in [0.3, 0.4) is 0 Å². The number of nitrogens with zero attached hydrogens (tertiary/aromatic N) is 16. The standard InChI is InChI=1S/4C14H24N2.4C12H20N2/c1-11(2)5-7-13-9-15-10-16-14(13)8-6-12(3)4;1-11(2)5-7-13-9-14(16-10-15-13)8-6-12(3)4;1-11(2)5-7-13-9-15-14(16-10-13)8-6-12(3)4;1-11(2)5-7-13-9-10-15-14(16-13)8-6-12(3)4;1-9(2)5-11-7-13-8-14-12(11)6-10(3)4;1-9(2)5-11-7-12(6-10(3)4)14-8-13-11;1-9(2)5-11-7-13-12(14-8-11)6-10(3)4;1-9(2)7-11-5-6-13-12(14-11)8-10(3)4/h4*9-12H,5-8H2,1-4H3;3*7-10H,5-6H2,1-4H3;5-6,9-10H,7-8H2,1-4H3. The largest absolute Gasteiger partial charge is 0.245 e. The van der Waals surface area contributed by atoms with Gasteiger partial charge in [0.2, 0.25) is 0 Å². The van der Waals surface area contributed by atoms with Crippen LogP contribution in [0.1, 0.15) is 364 Å². The van der Waals surface area contributed by atoms with Crippen LogP contribution < -0.4 is 0 Å². The summed E-state index contributed by atoms with van der Waals surface area (Å²) in [5.41, 5.74) is 14.8. The van der Waals surface area contributed by atoms with Crippen LogP contribution in [0, 0.1) is 94.7 Å². The van der Waals surface area contributed by atoms with Gasteiger partial charge in [0.15, 0.2) is 0 Å². The molecule has 0 spiro atoms. The van der Waals surface area contributed by atoms with Gasteiger partial charge in [-0.15, -0.1) is 0 Å². The molecule has 8 rings (SSSR count). The van der Waals surface area contributed by atoms with Gasteiger partial charge in [0, 0.05) is 121 Å². The molecule has 0 aliphatic heterocycles. The van der Waals surface area contributed by atoms with Crippen molar-refractivity contribution in [1.29, 1.82) is 0 Å². The zero-order chi connectivity index (χ0) is 90.1. The number of rotatable bonds is 40. The molecule has 16 heteroatoms. The van der Waals surface area contributed by atoms with Crippen LogP contribution >= 0.6 is 0 Å². The van der Waals surface area contributed by atoms with Crippen LogP contribution in [-0.2, 0) is 103 Å². The second-order valence-corrected chi connectivity index (χ2v) is 40.2. The number of aryl methyl sites for hydroxylation is 8. The topological polar surface area (TPSA) is 206 Å². The Labute approximate surface area is 736 Å². The van der Waals surface area contributed by atoms with E-state index in [-0.39, 0.29) is 0 Å². The summed E-state index contributed by atoms with van der Waals surface area (Å²) in [6, 6.07) is 8.37. The fourth-order valence-electron chi connectivity index (χ4n) is 12.3. The first-order valence-corrected chi connectivity index (χ1v) is 47.0. The van der Waals surface area contributed by atoms with Crippen LogP contribution in [-0.4, -0.2) is 79.7 Å². The minimum atomic E-state index is 0.629. The van der Waals surface area contributed by atoms with Crippen molar-refractivity contribution < 1.29 is 0 Å². The Kier molecular flexibility index (Phi) is 60.2. The highest BCUT2D eigenvalue weighted by molar-refractivity contribution is 5.18. The minimum Gasteiger partial charge on any atom is -0.245 e. The Morgan fingerprint density at radius 3 is 0.992 bits per heavy atom. The van der Waals surface area contributed by atoms with E-state index in [1.807, 2.05) is 61.7 Å². The van der Waals surface area contributed by atoms with Crippen LogP contribution in [0.2, 0.25) is 0 Å². The highest BCUT2D eigenvalue weighted by atomic mass is 14.9. The van der Waals surface area contributed by atoms with Crippen molar-refractivity contribution in [1.82, 2.24) is 79.7 Å². The maximum atomic E-state index is 4.61. The molecule has 0 fully saturated rings. The number of aromatic nitrogens is 16. The average molecular weight is 1650 g/mol. The fraction of sp³-hybridized carbons (Fsp3) is 0.692. The molecule has 0 aliphatic carbocycles. The highest BCUT2D eigenvalue weighted by Gasteiger charge is 2.13. The van der Waals surface area contributed by atoms with Crippen LogP contribution in [0.25, 0.3) is 0 Å². The van der Waals surface area contributed by atoms with Crippen molar-refractivity contribution in [2.45, 2.75) is 376 Å². The lowest BCUT2D eigenvalue weighted by Gasteiger charge is -2.11. The van der Waals surface area contributed by atoms with Gasteiger partial charge in [0.1, 0.15) is 48.6 Å². The van der Waals surface area contributed by atoms with Crippen molar-refractivity contribution >= 4 is 0 Å². The molecule has 0 radical (unpaired) electrons. The normalized spacial score (nSPS) is 11.3. The van der Waals surface area contributed by atoms with E-state index >= 15 is 0 Å². The first-order valence-electron chi connectivity index (χ1n) is 47.0. The summed E-state index contributed by atoms with van der Waals surface area (Å²) in [4.78, 5) is 69.5. The van der Waals surface area contributed by atoms with Crippen molar-refractivity contribution in [3.63, 3.8) is 0 Å². The molecule has 0 saturated heterocycles. The van der Waals surface area contributed by atoms with Crippen molar-refractivity contribution in [2.75, 3.05) is 0 Å². The van der Waals surface area contributed by atoms with E-state index in [4.69, 9.17) is 0 Å². The average Bonchev–Trinajstić information content (AvgIpc) is 1.10. The maximum absolute atomic E-state index is 4.61. The third-order valence-electron chi connectivity index (χ3n) is 19.1. The minimum absolute atomic E-state index is 0.629. The second-order valence-electron chi connectivity index (χ2n) is 40.2. The molecule has 0 bridgehead atoms. The lowest BCUT2D eigenvalue weighted by atomic mass is 9.98. The van der Waals surface area contributed by atoms with Gasteiger partial charge in [0.05, 0.1) is 0 Å². The van der Waals surface area contributed by atoms with Crippen LogP contribution in [0.5, 0.6) is 0 Å². The molecule has 8 aromatic rings. The molecule has 0 saturated carbocycles.